The molecule has 0 radical (unpaired) electrons. The molecular weight excluding hydrogens is 373 g/mol. The van der Waals surface area contributed by atoms with Gasteiger partial charge in [-0.3, -0.25) is 9.78 Å². The number of halogens is 1. The van der Waals surface area contributed by atoms with E-state index in [2.05, 4.69) is 9.97 Å². The first-order chi connectivity index (χ1) is 12.8. The molecule has 0 atom stereocenters. The minimum atomic E-state index is -3.87. The molecule has 140 valence electrons. The Hall–Kier alpha value is -2.78. The number of aromatic nitrogens is 2. The van der Waals surface area contributed by atoms with Crippen LogP contribution in [0.15, 0.2) is 56.9 Å². The maximum atomic E-state index is 13.2. The number of nitrogens with zero attached hydrogens (tertiary/aromatic N) is 1. The molecule has 27 heavy (non-hydrogen) atoms. The van der Waals surface area contributed by atoms with E-state index in [4.69, 9.17) is 0 Å². The Morgan fingerprint density at radius 2 is 1.74 bits per heavy atom. The summed E-state index contributed by atoms with van der Waals surface area (Å²) in [6.07, 6.45) is 1.50. The van der Waals surface area contributed by atoms with Crippen LogP contribution in [-0.4, -0.2) is 28.7 Å². The van der Waals surface area contributed by atoms with Crippen LogP contribution in [0.2, 0.25) is 0 Å². The number of rotatable bonds is 5. The molecule has 0 aliphatic heterocycles. The average molecular weight is 389 g/mol. The third kappa shape index (κ3) is 3.43. The van der Waals surface area contributed by atoms with E-state index in [1.807, 2.05) is 0 Å². The quantitative estimate of drug-likeness (QED) is 0.693. The topological polar surface area (TPSA) is 103 Å². The predicted octanol–water partition coefficient (Wildman–Crippen LogP) is 1.71. The molecule has 9 heteroatoms. The van der Waals surface area contributed by atoms with Crippen LogP contribution < -0.4 is 11.2 Å². The zero-order valence-corrected chi connectivity index (χ0v) is 14.9. The van der Waals surface area contributed by atoms with Crippen molar-refractivity contribution in [2.45, 2.75) is 30.3 Å². The smallest absolute Gasteiger partial charge is 0.307 e. The number of fused-ring (bicyclic) bond motifs is 1. The van der Waals surface area contributed by atoms with Crippen LogP contribution in [0.5, 0.6) is 0 Å². The van der Waals surface area contributed by atoms with Crippen molar-refractivity contribution in [3.05, 3.63) is 74.7 Å². The zero-order chi connectivity index (χ0) is 19.2. The molecule has 1 fully saturated rings. The van der Waals surface area contributed by atoms with Crippen molar-refractivity contribution >= 4 is 20.9 Å². The third-order valence-corrected chi connectivity index (χ3v) is 6.42. The first-order valence-corrected chi connectivity index (χ1v) is 9.81. The summed E-state index contributed by atoms with van der Waals surface area (Å²) in [5, 5.41) is 0.0909. The lowest BCUT2D eigenvalue weighted by Gasteiger charge is -2.22. The number of nitrogens with one attached hydrogen (secondary N) is 2. The summed E-state index contributed by atoms with van der Waals surface area (Å²) in [6, 6.07) is 9.60. The minimum Gasteiger partial charge on any atom is -0.307 e. The molecule has 4 rings (SSSR count). The second kappa shape index (κ2) is 6.43. The van der Waals surface area contributed by atoms with Gasteiger partial charge in [-0.05, 0) is 48.7 Å². The SMILES string of the molecule is O=c1[nH]c(=O)c2cc(S(=O)(=O)N(Cc3ccc(F)cc3)C3CC3)ccc2[nH]1. The number of benzene rings is 2. The second-order valence-corrected chi connectivity index (χ2v) is 8.41. The number of hydrogen-bond donors (Lipinski definition) is 2. The summed E-state index contributed by atoms with van der Waals surface area (Å²) in [5.41, 5.74) is -0.365. The van der Waals surface area contributed by atoms with Gasteiger partial charge in [0.15, 0.2) is 0 Å². The lowest BCUT2D eigenvalue weighted by atomic mass is 10.2. The first kappa shape index (κ1) is 17.6. The molecule has 1 heterocycles. The van der Waals surface area contributed by atoms with E-state index in [-0.39, 0.29) is 34.2 Å². The van der Waals surface area contributed by atoms with Crippen molar-refractivity contribution in [2.75, 3.05) is 0 Å². The lowest BCUT2D eigenvalue weighted by Crippen LogP contribution is -2.33. The molecule has 1 aliphatic carbocycles. The normalized spacial score (nSPS) is 14.7. The molecule has 2 N–H and O–H groups in total. The van der Waals surface area contributed by atoms with E-state index in [1.165, 1.54) is 34.6 Å². The van der Waals surface area contributed by atoms with E-state index in [1.54, 1.807) is 12.1 Å². The van der Waals surface area contributed by atoms with Crippen LogP contribution in [0.4, 0.5) is 4.39 Å². The number of H-pyrrole nitrogens is 2. The van der Waals surface area contributed by atoms with E-state index in [0.717, 1.165) is 12.8 Å². The molecule has 0 spiro atoms. The third-order valence-electron chi connectivity index (χ3n) is 4.52. The summed E-state index contributed by atoms with van der Waals surface area (Å²) >= 11 is 0. The Labute approximate surface area is 153 Å². The van der Waals surface area contributed by atoms with Gasteiger partial charge in [-0.2, -0.15) is 4.31 Å². The molecule has 0 amide bonds. The van der Waals surface area contributed by atoms with Gasteiger partial charge in [0.1, 0.15) is 5.82 Å². The van der Waals surface area contributed by atoms with E-state index in [9.17, 15) is 22.4 Å². The van der Waals surface area contributed by atoms with Gasteiger partial charge in [-0.25, -0.2) is 17.6 Å². The molecule has 0 bridgehead atoms. The molecule has 0 unspecified atom stereocenters. The van der Waals surface area contributed by atoms with Crippen molar-refractivity contribution in [3.63, 3.8) is 0 Å². The Morgan fingerprint density at radius 1 is 1.04 bits per heavy atom. The van der Waals surface area contributed by atoms with Gasteiger partial charge >= 0.3 is 5.69 Å². The summed E-state index contributed by atoms with van der Waals surface area (Å²) < 4.78 is 40.8. The molecule has 1 saturated carbocycles. The highest BCUT2D eigenvalue weighted by Crippen LogP contribution is 2.34. The number of sulfonamides is 1. The Bertz CT molecular complexity index is 1230. The Balaban J connectivity index is 1.75. The average Bonchev–Trinajstić information content (AvgIpc) is 3.45. The maximum Gasteiger partial charge on any atom is 0.326 e. The summed E-state index contributed by atoms with van der Waals surface area (Å²) in [6.45, 7) is 0.118. The van der Waals surface area contributed by atoms with Crippen molar-refractivity contribution in [2.24, 2.45) is 0 Å². The van der Waals surface area contributed by atoms with Gasteiger partial charge in [0.2, 0.25) is 10.0 Å². The second-order valence-electron chi connectivity index (χ2n) is 6.52. The molecule has 1 aliphatic rings. The van der Waals surface area contributed by atoms with Gasteiger partial charge < -0.3 is 4.98 Å². The van der Waals surface area contributed by atoms with Gasteiger partial charge in [0, 0.05) is 12.6 Å². The first-order valence-electron chi connectivity index (χ1n) is 8.37. The van der Waals surface area contributed by atoms with E-state index >= 15 is 0 Å². The largest absolute Gasteiger partial charge is 0.326 e. The van der Waals surface area contributed by atoms with Gasteiger partial charge in [0.05, 0.1) is 15.8 Å². The van der Waals surface area contributed by atoms with Gasteiger partial charge in [-0.15, -0.1) is 0 Å². The summed E-state index contributed by atoms with van der Waals surface area (Å²) in [7, 11) is -3.87. The van der Waals surface area contributed by atoms with Crippen LogP contribution in [0.3, 0.4) is 0 Å². The molecule has 2 aromatic carbocycles. The maximum absolute atomic E-state index is 13.2. The van der Waals surface area contributed by atoms with Crippen LogP contribution in [-0.2, 0) is 16.6 Å². The number of hydrogen-bond acceptors (Lipinski definition) is 4. The minimum absolute atomic E-state index is 0.0263. The van der Waals surface area contributed by atoms with E-state index < -0.39 is 21.3 Å². The molecular formula is C18H16FN3O4S. The highest BCUT2D eigenvalue weighted by molar-refractivity contribution is 7.89. The fourth-order valence-electron chi connectivity index (χ4n) is 2.98. The highest BCUT2D eigenvalue weighted by atomic mass is 32.2. The fourth-order valence-corrected chi connectivity index (χ4v) is 4.68. The zero-order valence-electron chi connectivity index (χ0n) is 14.1. The Kier molecular flexibility index (Phi) is 4.20. The van der Waals surface area contributed by atoms with Crippen molar-refractivity contribution in [3.8, 4) is 0 Å². The molecule has 0 saturated heterocycles. The Morgan fingerprint density at radius 3 is 2.41 bits per heavy atom. The standard InChI is InChI=1S/C18H16FN3O4S/c19-12-3-1-11(2-4-12)10-22(13-5-6-13)27(25,26)14-7-8-16-15(9-14)17(23)21-18(24)20-16/h1-4,7-9,13H,5-6,10H2,(H2,20,21,23,24). The van der Waals surface area contributed by atoms with E-state index in [0.29, 0.717) is 5.56 Å². The highest BCUT2D eigenvalue weighted by Gasteiger charge is 2.38. The molecule has 1 aromatic heterocycles. The number of aromatic amines is 2. The fraction of sp³-hybridized carbons (Fsp3) is 0.222. The predicted molar refractivity (Wildman–Crippen MR) is 97.3 cm³/mol. The monoisotopic (exact) mass is 389 g/mol. The van der Waals surface area contributed by atoms with Crippen molar-refractivity contribution < 1.29 is 12.8 Å². The van der Waals surface area contributed by atoms with Crippen molar-refractivity contribution in [1.82, 2.24) is 14.3 Å². The van der Waals surface area contributed by atoms with Gasteiger partial charge in [-0.1, -0.05) is 12.1 Å². The summed E-state index contributed by atoms with van der Waals surface area (Å²) in [5.74, 6) is -0.387. The van der Waals surface area contributed by atoms with Crippen LogP contribution in [0, 0.1) is 5.82 Å². The van der Waals surface area contributed by atoms with Crippen LogP contribution in [0.1, 0.15) is 18.4 Å². The summed E-state index contributed by atoms with van der Waals surface area (Å²) in [4.78, 5) is 27.9. The van der Waals surface area contributed by atoms with Crippen molar-refractivity contribution in [1.29, 1.82) is 0 Å². The molecule has 7 nitrogen and oxygen atoms in total. The lowest BCUT2D eigenvalue weighted by molar-refractivity contribution is 0.398. The molecule has 3 aromatic rings. The van der Waals surface area contributed by atoms with Crippen LogP contribution >= 0.6 is 0 Å². The van der Waals surface area contributed by atoms with Crippen LogP contribution in [0.25, 0.3) is 10.9 Å². The van der Waals surface area contributed by atoms with Gasteiger partial charge in [0.25, 0.3) is 5.56 Å².